The van der Waals surface area contributed by atoms with E-state index in [1.54, 1.807) is 24.3 Å². The first kappa shape index (κ1) is 34.9. The van der Waals surface area contributed by atoms with Crippen molar-refractivity contribution < 1.29 is 37.0 Å². The molecule has 1 aliphatic carbocycles. The molecule has 0 radical (unpaired) electrons. The Hall–Kier alpha value is -3.93. The number of hydrogen-bond acceptors (Lipinski definition) is 7. The topological polar surface area (TPSA) is 141 Å². The number of Topliss-reactive ketones (excluding diaryl/α,β-unsaturated/α-hetero) is 2. The third-order valence-corrected chi connectivity index (χ3v) is 8.50. The second-order valence-corrected chi connectivity index (χ2v) is 12.8. The summed E-state index contributed by atoms with van der Waals surface area (Å²) in [6, 6.07) is 29.3. The summed E-state index contributed by atoms with van der Waals surface area (Å²) >= 11 is 0. The second kappa shape index (κ2) is 15.6. The molecule has 0 spiro atoms. The summed E-state index contributed by atoms with van der Waals surface area (Å²) in [5.74, 6) is -1.23. The highest BCUT2D eigenvalue weighted by Crippen LogP contribution is 2.38. The lowest BCUT2D eigenvalue weighted by Gasteiger charge is -2.38. The molecule has 46 heavy (non-hydrogen) atoms. The van der Waals surface area contributed by atoms with Gasteiger partial charge in [-0.25, -0.2) is 0 Å². The zero-order chi connectivity index (χ0) is 33.4. The minimum absolute atomic E-state index is 0.0465. The van der Waals surface area contributed by atoms with Crippen LogP contribution < -0.4 is 0 Å². The number of ketones is 2. The molecular formula is C36H41NO8S. The summed E-state index contributed by atoms with van der Waals surface area (Å²) in [4.78, 5) is 26.4. The number of hydrogen-bond donors (Lipinski definition) is 3. The van der Waals surface area contributed by atoms with Crippen molar-refractivity contribution in [1.82, 2.24) is 4.90 Å². The summed E-state index contributed by atoms with van der Waals surface area (Å²) in [6.07, 6.45) is 7.54. The molecule has 3 N–H and O–H groups in total. The molecule has 2 aliphatic heterocycles. The van der Waals surface area contributed by atoms with Gasteiger partial charge in [0, 0.05) is 28.8 Å². The van der Waals surface area contributed by atoms with Crippen molar-refractivity contribution in [3.8, 4) is 0 Å². The number of nitrogens with zero attached hydrogens (tertiary/aromatic N) is 1. The van der Waals surface area contributed by atoms with Crippen LogP contribution in [0.15, 0.2) is 102 Å². The van der Waals surface area contributed by atoms with Gasteiger partial charge in [0.15, 0.2) is 0 Å². The molecule has 6 rings (SSSR count). The van der Waals surface area contributed by atoms with Crippen molar-refractivity contribution in [2.45, 2.75) is 70.2 Å². The summed E-state index contributed by atoms with van der Waals surface area (Å²) in [6.45, 7) is 3.81. The van der Waals surface area contributed by atoms with Gasteiger partial charge in [0.05, 0.1) is 6.10 Å². The van der Waals surface area contributed by atoms with Gasteiger partial charge < -0.3 is 14.7 Å². The predicted octanol–water partition coefficient (Wildman–Crippen LogP) is 6.84. The molecule has 3 aliphatic rings. The van der Waals surface area contributed by atoms with E-state index in [0.717, 1.165) is 5.57 Å². The van der Waals surface area contributed by atoms with E-state index in [2.05, 4.69) is 72.6 Å². The Bertz CT molecular complexity index is 1620. The zero-order valence-electron chi connectivity index (χ0n) is 26.2. The Morgan fingerprint density at radius 1 is 0.826 bits per heavy atom. The Morgan fingerprint density at radius 2 is 1.28 bits per heavy atom. The van der Waals surface area contributed by atoms with Gasteiger partial charge in [0.25, 0.3) is 0 Å². The van der Waals surface area contributed by atoms with Gasteiger partial charge in [0.1, 0.15) is 11.9 Å². The molecule has 3 aromatic rings. The maximum Gasteiger partial charge on any atom is 0.394 e. The van der Waals surface area contributed by atoms with E-state index in [-0.39, 0.29) is 29.4 Å². The number of allylic oxidation sites excluding steroid dienone is 3. The molecule has 3 aromatic carbocycles. The van der Waals surface area contributed by atoms with Crippen LogP contribution in [0.4, 0.5) is 0 Å². The highest BCUT2D eigenvalue weighted by molar-refractivity contribution is 7.79. The maximum atomic E-state index is 11.9. The van der Waals surface area contributed by atoms with Gasteiger partial charge in [-0.2, -0.15) is 8.42 Å². The van der Waals surface area contributed by atoms with E-state index in [0.29, 0.717) is 23.8 Å². The van der Waals surface area contributed by atoms with Gasteiger partial charge in [-0.15, -0.1) is 0 Å². The van der Waals surface area contributed by atoms with Gasteiger partial charge in [-0.3, -0.25) is 18.7 Å². The smallest absolute Gasteiger partial charge is 0.394 e. The van der Waals surface area contributed by atoms with E-state index in [4.69, 9.17) is 22.3 Å². The average Bonchev–Trinajstić information content (AvgIpc) is 3.22. The molecule has 244 valence electrons. The molecule has 0 saturated carbocycles. The Balaban J connectivity index is 0.000000187. The molecule has 2 atom stereocenters. The molecule has 10 heteroatoms. The number of carbonyl (C=O) groups is 2. The first-order valence-electron chi connectivity index (χ1n) is 15.2. The van der Waals surface area contributed by atoms with Crippen LogP contribution in [0.2, 0.25) is 0 Å². The van der Waals surface area contributed by atoms with Gasteiger partial charge in [-0.05, 0) is 64.1 Å². The summed E-state index contributed by atoms with van der Waals surface area (Å²) in [7, 11) is -2.38. The number of aliphatic hydroxyl groups excluding tert-OH is 1. The first-order valence-corrected chi connectivity index (χ1v) is 16.6. The largest absolute Gasteiger partial charge is 0.507 e. The van der Waals surface area contributed by atoms with Crippen molar-refractivity contribution in [2.24, 2.45) is 0 Å². The van der Waals surface area contributed by atoms with Crippen LogP contribution in [-0.2, 0) is 19.9 Å². The number of carbonyl (C=O) groups excluding carboxylic acids is 2. The van der Waals surface area contributed by atoms with Crippen LogP contribution in [0.3, 0.4) is 0 Å². The second-order valence-electron chi connectivity index (χ2n) is 11.9. The number of piperidine rings is 1. The monoisotopic (exact) mass is 647 g/mol. The summed E-state index contributed by atoms with van der Waals surface area (Å²) < 4.78 is 38.2. The summed E-state index contributed by atoms with van der Waals surface area (Å²) in [5, 5.41) is 10.1. The normalized spacial score (nSPS) is 20.7. The van der Waals surface area contributed by atoms with Crippen LogP contribution in [0.1, 0.15) is 79.1 Å². The predicted molar refractivity (Wildman–Crippen MR) is 177 cm³/mol. The van der Waals surface area contributed by atoms with Crippen LogP contribution >= 0.6 is 0 Å². The van der Waals surface area contributed by atoms with E-state index >= 15 is 0 Å². The molecule has 9 nitrogen and oxygen atoms in total. The van der Waals surface area contributed by atoms with Gasteiger partial charge >= 0.3 is 10.4 Å². The van der Waals surface area contributed by atoms with Crippen molar-refractivity contribution in [3.05, 3.63) is 124 Å². The van der Waals surface area contributed by atoms with Crippen LogP contribution in [-0.4, -0.2) is 64.3 Å². The number of ether oxygens (including phenoxy) is 1. The summed E-state index contributed by atoms with van der Waals surface area (Å²) in [5.41, 5.74) is 4.45. The zero-order valence-corrected chi connectivity index (χ0v) is 27.1. The third kappa shape index (κ3) is 9.31. The average molecular weight is 648 g/mol. The van der Waals surface area contributed by atoms with E-state index in [9.17, 15) is 14.7 Å². The van der Waals surface area contributed by atoms with Crippen molar-refractivity contribution in [2.75, 3.05) is 7.05 Å². The molecule has 2 saturated heterocycles. The number of benzene rings is 3. The Morgan fingerprint density at radius 3 is 1.76 bits per heavy atom. The van der Waals surface area contributed by atoms with Gasteiger partial charge in [-0.1, -0.05) is 96.6 Å². The van der Waals surface area contributed by atoms with Gasteiger partial charge in [0.2, 0.25) is 11.6 Å². The maximum absolute atomic E-state index is 11.9. The van der Waals surface area contributed by atoms with Crippen molar-refractivity contribution >= 4 is 27.7 Å². The van der Waals surface area contributed by atoms with Crippen molar-refractivity contribution in [3.63, 3.8) is 0 Å². The number of rotatable bonds is 6. The molecular weight excluding hydrogens is 606 g/mol. The lowest BCUT2D eigenvalue weighted by molar-refractivity contribution is -0.112. The first-order chi connectivity index (χ1) is 21.8. The Labute approximate surface area is 270 Å². The molecule has 0 aromatic heterocycles. The SMILES string of the molecule is CC(C)=CCC1=C(O)c2ccccc2C(=O)C1=O.CN1C2CCC1CC(OC(c1ccccc1)c1ccccc1)C2.O=S(=O)(O)O. The van der Waals surface area contributed by atoms with Crippen molar-refractivity contribution in [1.29, 1.82) is 0 Å². The van der Waals surface area contributed by atoms with Crippen LogP contribution in [0, 0.1) is 0 Å². The lowest BCUT2D eigenvalue weighted by atomic mass is 9.87. The fourth-order valence-corrected chi connectivity index (χ4v) is 6.18. The van der Waals surface area contributed by atoms with Crippen LogP contribution in [0.25, 0.3) is 5.76 Å². The fraction of sp³-hybridized carbons (Fsp3) is 0.333. The highest BCUT2D eigenvalue weighted by Gasteiger charge is 2.39. The van der Waals surface area contributed by atoms with E-state index < -0.39 is 22.0 Å². The minimum atomic E-state index is -4.67. The highest BCUT2D eigenvalue weighted by atomic mass is 32.3. The van der Waals surface area contributed by atoms with Crippen LogP contribution in [0.5, 0.6) is 0 Å². The fourth-order valence-electron chi connectivity index (χ4n) is 6.18. The van der Waals surface area contributed by atoms with E-state index in [1.807, 2.05) is 19.9 Å². The standard InChI is InChI=1S/C21H25NO.C15H14O3.H2O4S/c1-22-18-12-13-19(22)15-20(14-18)23-21(16-8-4-2-5-9-16)17-10-6-3-7-11-17;1-9(2)7-8-12-13(16)10-5-3-4-6-11(10)14(17)15(12)18;1-5(2,3)4/h2-11,18-21H,12-15H2,1H3;3-7,16H,8H2,1-2H3;(H2,1,2,3,4). The lowest BCUT2D eigenvalue weighted by Crippen LogP contribution is -2.43. The molecule has 2 heterocycles. The molecule has 0 amide bonds. The number of fused-ring (bicyclic) bond motifs is 3. The quantitative estimate of drug-likeness (QED) is 0.149. The molecule has 2 unspecified atom stereocenters. The minimum Gasteiger partial charge on any atom is -0.507 e. The number of aliphatic hydroxyl groups is 1. The Kier molecular flexibility index (Phi) is 11.8. The third-order valence-electron chi connectivity index (χ3n) is 8.50. The molecule has 2 bridgehead atoms. The van der Waals surface area contributed by atoms with E-state index in [1.165, 1.54) is 36.8 Å². The molecule has 2 fully saturated rings.